The van der Waals surface area contributed by atoms with Crippen LogP contribution in [0.2, 0.25) is 0 Å². The number of aromatic nitrogens is 4. The van der Waals surface area contributed by atoms with Crippen LogP contribution >= 0.6 is 7.75 Å². The molecule has 248 valence electrons. The molecule has 2 aliphatic rings. The third-order valence-electron chi connectivity index (χ3n) is 7.62. The molecule has 1 aromatic carbocycles. The number of halogens is 1. The first kappa shape index (κ1) is 33.5. The van der Waals surface area contributed by atoms with Crippen LogP contribution in [0.25, 0.3) is 11.2 Å². The smallest absolute Gasteiger partial charge is 0.459 e. The summed E-state index contributed by atoms with van der Waals surface area (Å²) in [4.78, 5) is 25.1. The quantitative estimate of drug-likeness (QED) is 0.125. The number of para-hydroxylation sites is 1. The van der Waals surface area contributed by atoms with Crippen LogP contribution in [-0.4, -0.2) is 78.6 Å². The molecule has 5 rings (SSSR count). The molecule has 6 atom stereocenters. The van der Waals surface area contributed by atoms with E-state index in [9.17, 15) is 19.6 Å². The van der Waals surface area contributed by atoms with E-state index in [-0.39, 0.29) is 41.5 Å². The van der Waals surface area contributed by atoms with Crippen molar-refractivity contribution in [3.8, 4) is 24.0 Å². The predicted octanol–water partition coefficient (Wildman–Crippen LogP) is 2.78. The summed E-state index contributed by atoms with van der Waals surface area (Å²) in [7, 11) is -4.60. The van der Waals surface area contributed by atoms with E-state index in [1.165, 1.54) is 19.1 Å². The molecule has 3 heterocycles. The van der Waals surface area contributed by atoms with Gasteiger partial charge < -0.3 is 34.7 Å². The number of anilines is 1. The van der Waals surface area contributed by atoms with Crippen LogP contribution in [-0.2, 0) is 23.4 Å². The predicted molar refractivity (Wildman–Crippen MR) is 161 cm³/mol. The van der Waals surface area contributed by atoms with E-state index in [1.54, 1.807) is 25.1 Å². The number of ether oxygens (including phenoxy) is 3. The Balaban J connectivity index is 1.39. The zero-order chi connectivity index (χ0) is 33.1. The van der Waals surface area contributed by atoms with Crippen molar-refractivity contribution in [1.29, 1.82) is 0 Å². The summed E-state index contributed by atoms with van der Waals surface area (Å²) in [6, 6.07) is 6.61. The molecule has 46 heavy (non-hydrogen) atoms. The Morgan fingerprint density at radius 2 is 2.02 bits per heavy atom. The van der Waals surface area contributed by atoms with Crippen molar-refractivity contribution in [2.45, 2.75) is 81.9 Å². The molecule has 1 saturated heterocycles. The van der Waals surface area contributed by atoms with Gasteiger partial charge in [0.1, 0.15) is 24.5 Å². The summed E-state index contributed by atoms with van der Waals surface area (Å²) in [5.74, 6) is -2.14. The summed E-state index contributed by atoms with van der Waals surface area (Å²) in [6.45, 7) is 2.04. The highest BCUT2D eigenvalue weighted by molar-refractivity contribution is 7.52. The molecule has 0 bridgehead atoms. The fourth-order valence-electron chi connectivity index (χ4n) is 5.27. The van der Waals surface area contributed by atoms with Crippen molar-refractivity contribution in [2.24, 2.45) is 0 Å². The SMILES string of the molecule is C#C[C@]1(O)[C@H](n2cnc3c(OCC)nc(N)nc32)O[C@](F)(CO[P@](=O)(N[C@@H](C)C(=O)OC2CCCCC2)Oc2ccccc2)[C@H]1O. The van der Waals surface area contributed by atoms with E-state index in [4.69, 9.17) is 35.4 Å². The number of carbonyl (C=O) groups excluding carboxylic acids is 1. The van der Waals surface area contributed by atoms with E-state index in [2.05, 4.69) is 20.0 Å². The minimum atomic E-state index is -4.60. The molecule has 2 aromatic heterocycles. The molecule has 3 aromatic rings. The molecule has 1 aliphatic heterocycles. The molecule has 5 N–H and O–H groups in total. The summed E-state index contributed by atoms with van der Waals surface area (Å²) < 4.78 is 59.2. The average molecular weight is 663 g/mol. The van der Waals surface area contributed by atoms with E-state index >= 15 is 4.39 Å². The lowest BCUT2D eigenvalue weighted by Gasteiger charge is -2.29. The highest BCUT2D eigenvalue weighted by atomic mass is 31.2. The van der Waals surface area contributed by atoms with Gasteiger partial charge in [0.15, 0.2) is 23.5 Å². The van der Waals surface area contributed by atoms with Gasteiger partial charge in [0.05, 0.1) is 12.9 Å². The number of aliphatic hydroxyl groups is 2. The number of nitrogen functional groups attached to an aromatic ring is 1. The molecule has 2 fully saturated rings. The minimum absolute atomic E-state index is 0.0163. The molecule has 1 saturated carbocycles. The van der Waals surface area contributed by atoms with Crippen molar-refractivity contribution < 1.29 is 47.2 Å². The summed E-state index contributed by atoms with van der Waals surface area (Å²) >= 11 is 0. The van der Waals surface area contributed by atoms with E-state index in [1.807, 2.05) is 5.92 Å². The zero-order valence-electron chi connectivity index (χ0n) is 25.2. The second-order valence-electron chi connectivity index (χ2n) is 11.0. The van der Waals surface area contributed by atoms with Crippen LogP contribution < -0.4 is 20.1 Å². The van der Waals surface area contributed by atoms with Crippen LogP contribution in [0.5, 0.6) is 11.6 Å². The number of terminal acetylenes is 1. The van der Waals surface area contributed by atoms with Crippen LogP contribution in [0.15, 0.2) is 36.7 Å². The zero-order valence-corrected chi connectivity index (χ0v) is 26.1. The number of fused-ring (bicyclic) bond motifs is 1. The maximum Gasteiger partial charge on any atom is 0.459 e. The number of benzene rings is 1. The van der Waals surface area contributed by atoms with E-state index in [0.717, 1.165) is 30.2 Å². The van der Waals surface area contributed by atoms with Gasteiger partial charge >= 0.3 is 13.7 Å². The van der Waals surface area contributed by atoms with Crippen LogP contribution in [0.1, 0.15) is 52.2 Å². The van der Waals surface area contributed by atoms with Crippen molar-refractivity contribution in [1.82, 2.24) is 24.6 Å². The molecule has 0 unspecified atom stereocenters. The summed E-state index contributed by atoms with van der Waals surface area (Å²) in [6.07, 6.45) is 6.47. The van der Waals surface area contributed by atoms with Gasteiger partial charge in [0.2, 0.25) is 17.4 Å². The van der Waals surface area contributed by atoms with Gasteiger partial charge in [-0.3, -0.25) is 13.9 Å². The molecule has 1 aliphatic carbocycles. The minimum Gasteiger partial charge on any atom is -0.476 e. The molecular weight excluding hydrogens is 626 g/mol. The number of nitrogens with one attached hydrogen (secondary N) is 1. The summed E-state index contributed by atoms with van der Waals surface area (Å²) in [5.41, 5.74) is 3.16. The normalized spacial score (nSPS) is 27.0. The first-order valence-corrected chi connectivity index (χ1v) is 16.3. The standard InChI is InChI=1S/C29H36FN6O9P/c1-4-28(39)25(38)29(30,44-26(28)36-17-32-21-22(36)33-27(31)34-23(21)41-5-2)16-42-46(40,45-20-14-10-7-11-15-20)35-18(3)24(37)43-19-12-8-6-9-13-19/h1,7,10-11,14-15,17-19,25-26,38-39H,5-6,8-9,12-13,16H2,2-3H3,(H,35,40)(H2,31,33,34)/t18-,25-,26+,28+,29+,46+/m0/s1. The van der Waals surface area contributed by atoms with Crippen molar-refractivity contribution in [3.05, 3.63) is 36.7 Å². The van der Waals surface area contributed by atoms with E-state index < -0.39 is 50.2 Å². The summed E-state index contributed by atoms with van der Waals surface area (Å²) in [5, 5.41) is 24.8. The highest BCUT2D eigenvalue weighted by Crippen LogP contribution is 2.51. The van der Waals surface area contributed by atoms with Crippen LogP contribution in [0.3, 0.4) is 0 Å². The number of hydrogen-bond donors (Lipinski definition) is 4. The lowest BCUT2D eigenvalue weighted by molar-refractivity contribution is -0.202. The van der Waals surface area contributed by atoms with Crippen molar-refractivity contribution >= 4 is 30.8 Å². The van der Waals surface area contributed by atoms with Gasteiger partial charge in [-0.15, -0.1) is 6.42 Å². The molecular formula is C29H36FN6O9P. The Morgan fingerprint density at radius 1 is 1.30 bits per heavy atom. The van der Waals surface area contributed by atoms with Crippen LogP contribution in [0.4, 0.5) is 10.3 Å². The monoisotopic (exact) mass is 662 g/mol. The molecule has 17 heteroatoms. The van der Waals surface area contributed by atoms with Gasteiger partial charge in [0, 0.05) is 0 Å². The maximum atomic E-state index is 16.5. The number of esters is 1. The molecule has 0 amide bonds. The van der Waals surface area contributed by atoms with Crippen molar-refractivity contribution in [2.75, 3.05) is 18.9 Å². The number of aliphatic hydroxyl groups excluding tert-OH is 1. The Morgan fingerprint density at radius 3 is 2.70 bits per heavy atom. The largest absolute Gasteiger partial charge is 0.476 e. The third kappa shape index (κ3) is 6.80. The second kappa shape index (κ2) is 13.5. The van der Waals surface area contributed by atoms with Gasteiger partial charge in [-0.2, -0.15) is 15.1 Å². The van der Waals surface area contributed by atoms with E-state index in [0.29, 0.717) is 12.8 Å². The Kier molecular flexibility index (Phi) is 9.83. The Labute approximate surface area is 264 Å². The molecule has 0 radical (unpaired) electrons. The number of hydrogen-bond acceptors (Lipinski definition) is 13. The fraction of sp³-hybridized carbons (Fsp3) is 0.517. The molecule has 15 nitrogen and oxygen atoms in total. The third-order valence-corrected chi connectivity index (χ3v) is 9.25. The average Bonchev–Trinajstić information content (AvgIpc) is 3.54. The number of nitrogens with zero attached hydrogens (tertiary/aromatic N) is 4. The van der Waals surface area contributed by atoms with Gasteiger partial charge in [-0.05, 0) is 51.7 Å². The Hall–Kier alpha value is -3.84. The second-order valence-corrected chi connectivity index (χ2v) is 12.7. The number of alkyl halides is 1. The fourth-order valence-corrected chi connectivity index (χ4v) is 6.78. The molecule has 0 spiro atoms. The number of rotatable bonds is 12. The number of carbonyl (C=O) groups is 1. The lowest BCUT2D eigenvalue weighted by Crippen LogP contribution is -2.50. The maximum absolute atomic E-state index is 16.5. The number of imidazole rings is 1. The van der Waals surface area contributed by atoms with Crippen LogP contribution in [0, 0.1) is 12.3 Å². The lowest BCUT2D eigenvalue weighted by atomic mass is 9.94. The number of nitrogens with two attached hydrogens (primary N) is 1. The van der Waals surface area contributed by atoms with Gasteiger partial charge in [-0.1, -0.05) is 30.5 Å². The Bertz CT molecular complexity index is 1630. The van der Waals surface area contributed by atoms with Crippen molar-refractivity contribution in [3.63, 3.8) is 0 Å². The van der Waals surface area contributed by atoms with Gasteiger partial charge in [-0.25, -0.2) is 13.9 Å². The highest BCUT2D eigenvalue weighted by Gasteiger charge is 2.66. The first-order valence-electron chi connectivity index (χ1n) is 14.8. The topological polar surface area (TPSA) is 202 Å². The van der Waals surface area contributed by atoms with Gasteiger partial charge in [0.25, 0.3) is 5.85 Å². The first-order chi connectivity index (χ1) is 21.9.